The number of hydrogen-bond donors (Lipinski definition) is 1. The Bertz CT molecular complexity index is 355. The zero-order chi connectivity index (χ0) is 23.4. The van der Waals surface area contributed by atoms with E-state index in [9.17, 15) is 4.79 Å². The van der Waals surface area contributed by atoms with E-state index in [0.717, 1.165) is 25.8 Å². The highest BCUT2D eigenvalue weighted by Gasteiger charge is 2.01. The molecular formula is C30H61NO. The SMILES string of the molecule is CCCCCCCCCCCCCCCCCCCC(=O)NCCCCCCCCCC. The van der Waals surface area contributed by atoms with Crippen LogP contribution in [-0.2, 0) is 4.79 Å². The summed E-state index contributed by atoms with van der Waals surface area (Å²) >= 11 is 0. The molecule has 0 rings (SSSR count). The number of rotatable bonds is 27. The molecule has 2 heteroatoms. The lowest BCUT2D eigenvalue weighted by Gasteiger charge is -2.06. The third kappa shape index (κ3) is 27.5. The van der Waals surface area contributed by atoms with Crippen molar-refractivity contribution in [3.8, 4) is 0 Å². The molecule has 0 atom stereocenters. The van der Waals surface area contributed by atoms with E-state index in [0.29, 0.717) is 0 Å². The zero-order valence-electron chi connectivity index (χ0n) is 22.5. The van der Waals surface area contributed by atoms with Crippen LogP contribution in [0.2, 0.25) is 0 Å². The molecule has 1 N–H and O–H groups in total. The van der Waals surface area contributed by atoms with Crippen LogP contribution in [0.15, 0.2) is 0 Å². The lowest BCUT2D eigenvalue weighted by atomic mass is 10.0. The Hall–Kier alpha value is -0.530. The minimum atomic E-state index is 0.272. The molecule has 2 nitrogen and oxygen atoms in total. The molecule has 0 aromatic rings. The number of unbranched alkanes of at least 4 members (excludes halogenated alkanes) is 23. The molecule has 0 aromatic heterocycles. The van der Waals surface area contributed by atoms with Crippen LogP contribution in [0.4, 0.5) is 0 Å². The first-order chi connectivity index (χ1) is 15.8. The predicted molar refractivity (Wildman–Crippen MR) is 144 cm³/mol. The minimum Gasteiger partial charge on any atom is -0.356 e. The van der Waals surface area contributed by atoms with Gasteiger partial charge in [0.2, 0.25) is 5.91 Å². The van der Waals surface area contributed by atoms with Crippen LogP contribution in [0, 0.1) is 0 Å². The van der Waals surface area contributed by atoms with Crippen molar-refractivity contribution in [2.24, 2.45) is 0 Å². The quantitative estimate of drug-likeness (QED) is 0.124. The number of amides is 1. The van der Waals surface area contributed by atoms with Crippen molar-refractivity contribution in [3.05, 3.63) is 0 Å². The zero-order valence-corrected chi connectivity index (χ0v) is 22.5. The van der Waals surface area contributed by atoms with E-state index in [1.54, 1.807) is 0 Å². The Morgan fingerprint density at radius 1 is 0.406 bits per heavy atom. The van der Waals surface area contributed by atoms with Crippen molar-refractivity contribution in [1.82, 2.24) is 5.32 Å². The second kappa shape index (κ2) is 28.5. The highest BCUT2D eigenvalue weighted by atomic mass is 16.1. The van der Waals surface area contributed by atoms with Gasteiger partial charge >= 0.3 is 0 Å². The largest absolute Gasteiger partial charge is 0.356 e. The molecule has 0 bridgehead atoms. The summed E-state index contributed by atoms with van der Waals surface area (Å²) in [5.41, 5.74) is 0. The molecule has 0 saturated heterocycles. The molecule has 0 aliphatic carbocycles. The maximum Gasteiger partial charge on any atom is 0.219 e. The van der Waals surface area contributed by atoms with E-state index >= 15 is 0 Å². The van der Waals surface area contributed by atoms with Crippen molar-refractivity contribution in [2.45, 2.75) is 181 Å². The van der Waals surface area contributed by atoms with Gasteiger partial charge in [0.15, 0.2) is 0 Å². The summed E-state index contributed by atoms with van der Waals surface area (Å²) in [6, 6.07) is 0. The van der Waals surface area contributed by atoms with Crippen molar-refractivity contribution >= 4 is 5.91 Å². The lowest BCUT2D eigenvalue weighted by molar-refractivity contribution is -0.121. The molecule has 0 aromatic carbocycles. The van der Waals surface area contributed by atoms with E-state index in [-0.39, 0.29) is 5.91 Å². The van der Waals surface area contributed by atoms with Crippen molar-refractivity contribution < 1.29 is 4.79 Å². The predicted octanol–water partition coefficient (Wildman–Crippen LogP) is 10.3. The number of carbonyl (C=O) groups excluding carboxylic acids is 1. The van der Waals surface area contributed by atoms with Crippen LogP contribution in [0.25, 0.3) is 0 Å². The van der Waals surface area contributed by atoms with Gasteiger partial charge in [-0.1, -0.05) is 162 Å². The van der Waals surface area contributed by atoms with Gasteiger partial charge in [0.1, 0.15) is 0 Å². The Labute approximate surface area is 203 Å². The molecule has 0 spiro atoms. The maximum absolute atomic E-state index is 11.9. The first kappa shape index (κ1) is 31.5. The normalized spacial score (nSPS) is 11.2. The van der Waals surface area contributed by atoms with Crippen LogP contribution in [0.3, 0.4) is 0 Å². The Balaban J connectivity index is 3.12. The minimum absolute atomic E-state index is 0.272. The van der Waals surface area contributed by atoms with Gasteiger partial charge in [-0.3, -0.25) is 4.79 Å². The maximum atomic E-state index is 11.9. The molecule has 32 heavy (non-hydrogen) atoms. The van der Waals surface area contributed by atoms with Gasteiger partial charge in [-0.15, -0.1) is 0 Å². The molecule has 0 saturated carbocycles. The summed E-state index contributed by atoms with van der Waals surface area (Å²) in [4.78, 5) is 11.9. The van der Waals surface area contributed by atoms with Gasteiger partial charge in [0.25, 0.3) is 0 Å². The fraction of sp³-hybridized carbons (Fsp3) is 0.967. The average molecular weight is 452 g/mol. The molecule has 0 unspecified atom stereocenters. The van der Waals surface area contributed by atoms with E-state index < -0.39 is 0 Å². The second-order valence-corrected chi connectivity index (χ2v) is 10.2. The van der Waals surface area contributed by atoms with Gasteiger partial charge in [-0.2, -0.15) is 0 Å². The molecule has 1 amide bonds. The second-order valence-electron chi connectivity index (χ2n) is 10.2. The van der Waals surface area contributed by atoms with E-state index in [1.165, 1.54) is 148 Å². The van der Waals surface area contributed by atoms with E-state index in [1.807, 2.05) is 0 Å². The first-order valence-electron chi connectivity index (χ1n) is 15.1. The van der Waals surface area contributed by atoms with Gasteiger partial charge in [-0.05, 0) is 12.8 Å². The van der Waals surface area contributed by atoms with E-state index in [4.69, 9.17) is 0 Å². The highest BCUT2D eigenvalue weighted by Crippen LogP contribution is 2.14. The lowest BCUT2D eigenvalue weighted by Crippen LogP contribution is -2.23. The number of hydrogen-bond acceptors (Lipinski definition) is 1. The number of carbonyl (C=O) groups is 1. The smallest absolute Gasteiger partial charge is 0.219 e. The third-order valence-corrected chi connectivity index (χ3v) is 6.86. The summed E-state index contributed by atoms with van der Waals surface area (Å²) in [6.07, 6.45) is 34.9. The van der Waals surface area contributed by atoms with Crippen molar-refractivity contribution in [3.63, 3.8) is 0 Å². The standard InChI is InChI=1S/C30H61NO/c1-3-5-7-9-11-13-14-15-16-17-18-19-20-21-22-24-26-28-30(32)31-29-27-25-23-12-10-8-6-4-2/h3-29H2,1-2H3,(H,31,32). The summed E-state index contributed by atoms with van der Waals surface area (Å²) in [5, 5.41) is 3.11. The van der Waals surface area contributed by atoms with Crippen LogP contribution >= 0.6 is 0 Å². The summed E-state index contributed by atoms with van der Waals surface area (Å²) in [7, 11) is 0. The van der Waals surface area contributed by atoms with E-state index in [2.05, 4.69) is 19.2 Å². The molecule has 0 fully saturated rings. The van der Waals surface area contributed by atoms with Gasteiger partial charge < -0.3 is 5.32 Å². The van der Waals surface area contributed by atoms with Gasteiger partial charge in [-0.25, -0.2) is 0 Å². The first-order valence-corrected chi connectivity index (χ1v) is 15.1. The molecule has 0 heterocycles. The third-order valence-electron chi connectivity index (χ3n) is 6.86. The van der Waals surface area contributed by atoms with Crippen molar-refractivity contribution in [2.75, 3.05) is 6.54 Å². The number of nitrogens with one attached hydrogen (secondary N) is 1. The Morgan fingerprint density at radius 3 is 1.03 bits per heavy atom. The summed E-state index contributed by atoms with van der Waals surface area (Å²) in [5.74, 6) is 0.272. The highest BCUT2D eigenvalue weighted by molar-refractivity contribution is 5.75. The molecular weight excluding hydrogens is 390 g/mol. The van der Waals surface area contributed by atoms with Gasteiger partial charge in [0, 0.05) is 13.0 Å². The Kier molecular flexibility index (Phi) is 28.0. The molecule has 0 aliphatic rings. The fourth-order valence-electron chi connectivity index (χ4n) is 4.59. The van der Waals surface area contributed by atoms with Crippen molar-refractivity contribution in [1.29, 1.82) is 0 Å². The molecule has 0 aliphatic heterocycles. The monoisotopic (exact) mass is 451 g/mol. The fourth-order valence-corrected chi connectivity index (χ4v) is 4.59. The summed E-state index contributed by atoms with van der Waals surface area (Å²) < 4.78 is 0. The van der Waals surface area contributed by atoms with Crippen LogP contribution in [0.5, 0.6) is 0 Å². The Morgan fingerprint density at radius 2 is 0.688 bits per heavy atom. The molecule has 0 radical (unpaired) electrons. The summed E-state index contributed by atoms with van der Waals surface area (Å²) in [6.45, 7) is 5.44. The van der Waals surface area contributed by atoms with Crippen LogP contribution in [0.1, 0.15) is 181 Å². The van der Waals surface area contributed by atoms with Crippen LogP contribution in [-0.4, -0.2) is 12.5 Å². The van der Waals surface area contributed by atoms with Crippen LogP contribution < -0.4 is 5.32 Å². The van der Waals surface area contributed by atoms with Gasteiger partial charge in [0.05, 0.1) is 0 Å². The topological polar surface area (TPSA) is 29.1 Å². The average Bonchev–Trinajstić information content (AvgIpc) is 2.80. The molecule has 192 valence electrons.